The van der Waals surface area contributed by atoms with E-state index < -0.39 is 7.82 Å². The van der Waals surface area contributed by atoms with E-state index in [4.69, 9.17) is 13.6 Å². The van der Waals surface area contributed by atoms with E-state index in [-0.39, 0.29) is 0 Å². The lowest BCUT2D eigenvalue weighted by atomic mass is 10.4. The summed E-state index contributed by atoms with van der Waals surface area (Å²) in [7, 11) is -3.32. The summed E-state index contributed by atoms with van der Waals surface area (Å²) in [6.07, 6.45) is 5.60. The van der Waals surface area contributed by atoms with E-state index in [2.05, 4.69) is 13.8 Å². The largest absolute Gasteiger partial charge is 0.475 e. The molecule has 0 saturated carbocycles. The molecule has 0 aliphatic carbocycles. The van der Waals surface area contributed by atoms with Crippen LogP contribution in [0.3, 0.4) is 0 Å². The minimum absolute atomic E-state index is 0.329. The topological polar surface area (TPSA) is 44.8 Å². The number of hydrogen-bond acceptors (Lipinski definition) is 5. The molecule has 0 fully saturated rings. The molecule has 16 heavy (non-hydrogen) atoms. The summed E-state index contributed by atoms with van der Waals surface area (Å²) in [5.41, 5.74) is 0. The van der Waals surface area contributed by atoms with Crippen LogP contribution in [0.5, 0.6) is 0 Å². The highest BCUT2D eigenvalue weighted by atomic mass is 32.2. The Hall–Kier alpha value is 0.460. The SMILES string of the molecule is CCCCOP(=O)(OCCCC)OCSC. The van der Waals surface area contributed by atoms with Gasteiger partial charge < -0.3 is 0 Å². The van der Waals surface area contributed by atoms with Gasteiger partial charge in [0.05, 0.1) is 13.2 Å². The van der Waals surface area contributed by atoms with Crippen molar-refractivity contribution in [1.82, 2.24) is 0 Å². The fourth-order valence-corrected chi connectivity index (χ4v) is 2.74. The Labute approximate surface area is 103 Å². The molecule has 0 radical (unpaired) electrons. The molecule has 0 aliphatic rings. The zero-order chi connectivity index (χ0) is 12.3. The molecule has 0 bridgehead atoms. The Bertz CT molecular complexity index is 187. The monoisotopic (exact) mass is 270 g/mol. The van der Waals surface area contributed by atoms with E-state index in [0.717, 1.165) is 25.7 Å². The Morgan fingerprint density at radius 1 is 1.00 bits per heavy atom. The minimum Gasteiger partial charge on any atom is -0.287 e. The van der Waals surface area contributed by atoms with Gasteiger partial charge in [0.2, 0.25) is 0 Å². The first-order chi connectivity index (χ1) is 7.68. The predicted octanol–water partition coefficient (Wildman–Crippen LogP) is 4.07. The smallest absolute Gasteiger partial charge is 0.287 e. The van der Waals surface area contributed by atoms with E-state index in [0.29, 0.717) is 19.2 Å². The number of thioether (sulfide) groups is 1. The fraction of sp³-hybridized carbons (Fsp3) is 1.00. The van der Waals surface area contributed by atoms with Crippen LogP contribution in [0.4, 0.5) is 0 Å². The lowest BCUT2D eigenvalue weighted by Gasteiger charge is -2.17. The first-order valence-electron chi connectivity index (χ1n) is 5.71. The summed E-state index contributed by atoms with van der Waals surface area (Å²) >= 11 is 1.45. The van der Waals surface area contributed by atoms with Crippen LogP contribution in [0.15, 0.2) is 0 Å². The first kappa shape index (κ1) is 16.5. The number of phosphoric ester groups is 1. The highest BCUT2D eigenvalue weighted by Crippen LogP contribution is 2.50. The summed E-state index contributed by atoms with van der Waals surface area (Å²) in [4.78, 5) is 0. The van der Waals surface area contributed by atoms with Crippen LogP contribution in [-0.2, 0) is 18.1 Å². The lowest BCUT2D eigenvalue weighted by Crippen LogP contribution is -2.02. The maximum atomic E-state index is 12.0. The predicted molar refractivity (Wildman–Crippen MR) is 68.8 cm³/mol. The number of unbranched alkanes of at least 4 members (excludes halogenated alkanes) is 2. The minimum atomic E-state index is -3.32. The molecule has 6 heteroatoms. The van der Waals surface area contributed by atoms with Crippen LogP contribution in [0.2, 0.25) is 0 Å². The maximum absolute atomic E-state index is 12.0. The summed E-state index contributed by atoms with van der Waals surface area (Å²) in [5.74, 6) is 0.329. The lowest BCUT2D eigenvalue weighted by molar-refractivity contribution is 0.125. The first-order valence-corrected chi connectivity index (χ1v) is 8.56. The van der Waals surface area contributed by atoms with Crippen LogP contribution >= 0.6 is 19.6 Å². The van der Waals surface area contributed by atoms with Gasteiger partial charge in [-0.3, -0.25) is 13.6 Å². The number of rotatable bonds is 11. The molecule has 0 N–H and O–H groups in total. The summed E-state index contributed by atoms with van der Waals surface area (Å²) in [6.45, 7) is 4.95. The van der Waals surface area contributed by atoms with Gasteiger partial charge in [0.1, 0.15) is 5.94 Å². The normalized spacial score (nSPS) is 11.9. The van der Waals surface area contributed by atoms with E-state index in [1.807, 2.05) is 6.26 Å². The molecule has 0 rings (SSSR count). The Kier molecular flexibility index (Phi) is 10.9. The second-order valence-corrected chi connectivity index (χ2v) is 5.84. The van der Waals surface area contributed by atoms with E-state index >= 15 is 0 Å². The van der Waals surface area contributed by atoms with Crippen molar-refractivity contribution in [2.75, 3.05) is 25.4 Å². The molecule has 0 unspecified atom stereocenters. The average molecular weight is 270 g/mol. The van der Waals surface area contributed by atoms with Gasteiger partial charge in [-0.2, -0.15) is 0 Å². The summed E-state index contributed by atoms with van der Waals surface area (Å²) < 4.78 is 27.6. The van der Waals surface area contributed by atoms with Gasteiger partial charge in [0, 0.05) is 0 Å². The van der Waals surface area contributed by atoms with Crippen LogP contribution in [0.1, 0.15) is 39.5 Å². The van der Waals surface area contributed by atoms with E-state index in [1.54, 1.807) is 0 Å². The Balaban J connectivity index is 3.97. The summed E-state index contributed by atoms with van der Waals surface area (Å²) in [5, 5.41) is 0. The number of phosphoric acid groups is 1. The molecule has 0 aromatic rings. The third-order valence-electron chi connectivity index (χ3n) is 1.82. The molecule has 0 aromatic carbocycles. The van der Waals surface area contributed by atoms with Crippen molar-refractivity contribution in [3.63, 3.8) is 0 Å². The van der Waals surface area contributed by atoms with Crippen LogP contribution in [0, 0.1) is 0 Å². The Morgan fingerprint density at radius 2 is 1.50 bits per heavy atom. The second kappa shape index (κ2) is 10.6. The maximum Gasteiger partial charge on any atom is 0.475 e. The average Bonchev–Trinajstić information content (AvgIpc) is 2.27. The van der Waals surface area contributed by atoms with Crippen molar-refractivity contribution < 1.29 is 18.1 Å². The zero-order valence-corrected chi connectivity index (χ0v) is 12.1. The van der Waals surface area contributed by atoms with Crippen molar-refractivity contribution >= 4 is 19.6 Å². The molecule has 0 aliphatic heterocycles. The second-order valence-electron chi connectivity index (χ2n) is 3.36. The van der Waals surface area contributed by atoms with E-state index in [9.17, 15) is 4.57 Å². The van der Waals surface area contributed by atoms with Gasteiger partial charge in [0.25, 0.3) is 0 Å². The van der Waals surface area contributed by atoms with Crippen molar-refractivity contribution in [2.24, 2.45) is 0 Å². The van der Waals surface area contributed by atoms with Crippen LogP contribution in [-0.4, -0.2) is 25.4 Å². The molecule has 0 heterocycles. The molecule has 0 aromatic heterocycles. The zero-order valence-electron chi connectivity index (χ0n) is 10.4. The van der Waals surface area contributed by atoms with Gasteiger partial charge >= 0.3 is 7.82 Å². The fourth-order valence-electron chi connectivity index (χ4n) is 0.870. The standard InChI is InChI=1S/C10H23O4PS/c1-4-6-8-12-15(11,14-10-16-3)13-9-7-5-2/h4-10H2,1-3H3. The van der Waals surface area contributed by atoms with Crippen LogP contribution in [0.25, 0.3) is 0 Å². The highest BCUT2D eigenvalue weighted by Gasteiger charge is 2.25. The van der Waals surface area contributed by atoms with Crippen molar-refractivity contribution in [3.8, 4) is 0 Å². The van der Waals surface area contributed by atoms with Crippen molar-refractivity contribution in [3.05, 3.63) is 0 Å². The molecule has 0 spiro atoms. The third kappa shape index (κ3) is 8.59. The molecule has 0 amide bonds. The Morgan fingerprint density at radius 3 is 1.88 bits per heavy atom. The molecular weight excluding hydrogens is 247 g/mol. The number of hydrogen-bond donors (Lipinski definition) is 0. The van der Waals surface area contributed by atoms with Gasteiger partial charge in [-0.05, 0) is 19.1 Å². The molecule has 4 nitrogen and oxygen atoms in total. The highest BCUT2D eigenvalue weighted by molar-refractivity contribution is 7.98. The van der Waals surface area contributed by atoms with E-state index in [1.165, 1.54) is 11.8 Å². The van der Waals surface area contributed by atoms with Crippen LogP contribution < -0.4 is 0 Å². The van der Waals surface area contributed by atoms with Crippen molar-refractivity contribution in [2.45, 2.75) is 39.5 Å². The summed E-state index contributed by atoms with van der Waals surface area (Å²) in [6, 6.07) is 0. The van der Waals surface area contributed by atoms with Gasteiger partial charge in [-0.15, -0.1) is 11.8 Å². The molecule has 98 valence electrons. The third-order valence-corrected chi connectivity index (χ3v) is 3.79. The van der Waals surface area contributed by atoms with Gasteiger partial charge in [-0.1, -0.05) is 26.7 Å². The molecule has 0 saturated heterocycles. The quantitative estimate of drug-likeness (QED) is 0.322. The van der Waals surface area contributed by atoms with Gasteiger partial charge in [-0.25, -0.2) is 4.57 Å². The molecular formula is C10H23O4PS. The van der Waals surface area contributed by atoms with Crippen molar-refractivity contribution in [1.29, 1.82) is 0 Å². The van der Waals surface area contributed by atoms with Gasteiger partial charge in [0.15, 0.2) is 0 Å². The molecule has 0 atom stereocenters.